The molecule has 0 bridgehead atoms. The summed E-state index contributed by atoms with van der Waals surface area (Å²) in [7, 11) is 0. The van der Waals surface area contributed by atoms with Gasteiger partial charge < -0.3 is 14.5 Å². The van der Waals surface area contributed by atoms with Gasteiger partial charge in [0.25, 0.3) is 0 Å². The number of hydrogen-bond donors (Lipinski definition) is 0. The number of piperidine rings is 1. The first-order valence-electron chi connectivity index (χ1n) is 8.47. The standard InChI is InChI=1S/C18H28N2O2/c1-2-11-20(15-14-19-12-7-4-8-13-19)18(21)22-16-17-9-5-3-6-10-17/h3,5-6,9-10H,2,4,7-8,11-16H2,1H3. The van der Waals surface area contributed by atoms with Gasteiger partial charge in [-0.15, -0.1) is 0 Å². The lowest BCUT2D eigenvalue weighted by Gasteiger charge is -2.29. The van der Waals surface area contributed by atoms with Gasteiger partial charge in [-0.05, 0) is 37.9 Å². The molecule has 22 heavy (non-hydrogen) atoms. The molecule has 0 N–H and O–H groups in total. The SMILES string of the molecule is CCCN(CCN1CCCCC1)C(=O)OCc1ccccc1. The number of likely N-dealkylation sites (tertiary alicyclic amines) is 1. The topological polar surface area (TPSA) is 32.8 Å². The van der Waals surface area contributed by atoms with Crippen molar-refractivity contribution in [1.82, 2.24) is 9.80 Å². The summed E-state index contributed by atoms with van der Waals surface area (Å²) in [5.41, 5.74) is 1.03. The summed E-state index contributed by atoms with van der Waals surface area (Å²) in [5.74, 6) is 0. The fraction of sp³-hybridized carbons (Fsp3) is 0.611. The Balaban J connectivity index is 1.77. The third-order valence-electron chi connectivity index (χ3n) is 4.09. The lowest BCUT2D eigenvalue weighted by Crippen LogP contribution is -2.41. The highest BCUT2D eigenvalue weighted by atomic mass is 16.6. The number of amides is 1. The zero-order chi connectivity index (χ0) is 15.6. The summed E-state index contributed by atoms with van der Waals surface area (Å²) >= 11 is 0. The van der Waals surface area contributed by atoms with Crippen molar-refractivity contribution in [2.45, 2.75) is 39.2 Å². The summed E-state index contributed by atoms with van der Waals surface area (Å²) in [6, 6.07) is 9.84. The third-order valence-corrected chi connectivity index (χ3v) is 4.09. The molecule has 1 aliphatic heterocycles. The number of nitrogens with zero attached hydrogens (tertiary/aromatic N) is 2. The Morgan fingerprint density at radius 2 is 1.86 bits per heavy atom. The molecule has 0 unspecified atom stereocenters. The molecule has 0 spiro atoms. The van der Waals surface area contributed by atoms with Crippen LogP contribution in [0.5, 0.6) is 0 Å². The normalized spacial score (nSPS) is 15.5. The molecule has 1 aromatic rings. The van der Waals surface area contributed by atoms with E-state index in [1.54, 1.807) is 0 Å². The highest BCUT2D eigenvalue weighted by Crippen LogP contribution is 2.09. The second-order valence-electron chi connectivity index (χ2n) is 5.93. The molecular formula is C18H28N2O2. The zero-order valence-electron chi connectivity index (χ0n) is 13.7. The van der Waals surface area contributed by atoms with E-state index in [0.29, 0.717) is 6.61 Å². The van der Waals surface area contributed by atoms with Crippen molar-refractivity contribution >= 4 is 6.09 Å². The van der Waals surface area contributed by atoms with Crippen LogP contribution in [0.1, 0.15) is 38.2 Å². The second-order valence-corrected chi connectivity index (χ2v) is 5.93. The summed E-state index contributed by atoms with van der Waals surface area (Å²) in [4.78, 5) is 16.6. The van der Waals surface area contributed by atoms with Crippen LogP contribution in [-0.2, 0) is 11.3 Å². The third kappa shape index (κ3) is 5.68. The van der Waals surface area contributed by atoms with Crippen LogP contribution in [0.2, 0.25) is 0 Å². The minimum Gasteiger partial charge on any atom is -0.445 e. The van der Waals surface area contributed by atoms with E-state index < -0.39 is 0 Å². The predicted molar refractivity (Wildman–Crippen MR) is 88.8 cm³/mol. The van der Waals surface area contributed by atoms with E-state index in [2.05, 4.69) is 11.8 Å². The van der Waals surface area contributed by atoms with Crippen LogP contribution in [0.3, 0.4) is 0 Å². The van der Waals surface area contributed by atoms with Gasteiger partial charge in [0.2, 0.25) is 0 Å². The molecule has 1 saturated heterocycles. The van der Waals surface area contributed by atoms with Gasteiger partial charge in [-0.2, -0.15) is 0 Å². The molecule has 1 aromatic carbocycles. The van der Waals surface area contributed by atoms with Crippen molar-refractivity contribution in [3.63, 3.8) is 0 Å². The lowest BCUT2D eigenvalue weighted by atomic mass is 10.1. The summed E-state index contributed by atoms with van der Waals surface area (Å²) in [6.45, 7) is 7.27. The van der Waals surface area contributed by atoms with Crippen molar-refractivity contribution in [1.29, 1.82) is 0 Å². The first kappa shape index (κ1) is 16.8. The maximum atomic E-state index is 12.3. The average Bonchev–Trinajstić information content (AvgIpc) is 2.58. The molecule has 1 fully saturated rings. The Bertz CT molecular complexity index is 430. The maximum Gasteiger partial charge on any atom is 0.410 e. The van der Waals surface area contributed by atoms with E-state index >= 15 is 0 Å². The molecule has 4 nitrogen and oxygen atoms in total. The van der Waals surface area contributed by atoms with Crippen molar-refractivity contribution in [2.24, 2.45) is 0 Å². The van der Waals surface area contributed by atoms with Crippen LogP contribution in [0.15, 0.2) is 30.3 Å². The van der Waals surface area contributed by atoms with Crippen molar-refractivity contribution in [2.75, 3.05) is 32.7 Å². The number of hydrogen-bond acceptors (Lipinski definition) is 3. The van der Waals surface area contributed by atoms with E-state index in [-0.39, 0.29) is 6.09 Å². The number of rotatable bonds is 7. The van der Waals surface area contributed by atoms with Gasteiger partial charge in [0.05, 0.1) is 0 Å². The van der Waals surface area contributed by atoms with Crippen LogP contribution >= 0.6 is 0 Å². The largest absolute Gasteiger partial charge is 0.445 e. The van der Waals surface area contributed by atoms with E-state index in [1.165, 1.54) is 32.4 Å². The van der Waals surface area contributed by atoms with Gasteiger partial charge >= 0.3 is 6.09 Å². The minimum absolute atomic E-state index is 0.192. The molecule has 0 aliphatic carbocycles. The molecular weight excluding hydrogens is 276 g/mol. The minimum atomic E-state index is -0.192. The molecule has 0 aromatic heterocycles. The van der Waals surface area contributed by atoms with Gasteiger partial charge in [-0.1, -0.05) is 43.7 Å². The Morgan fingerprint density at radius 1 is 1.14 bits per heavy atom. The second kappa shape index (κ2) is 9.46. The van der Waals surface area contributed by atoms with Crippen LogP contribution in [0.4, 0.5) is 4.79 Å². The highest BCUT2D eigenvalue weighted by molar-refractivity contribution is 5.67. The molecule has 0 atom stereocenters. The molecule has 122 valence electrons. The van der Waals surface area contributed by atoms with Crippen molar-refractivity contribution in [3.8, 4) is 0 Å². The maximum absolute atomic E-state index is 12.3. The van der Waals surface area contributed by atoms with E-state index in [9.17, 15) is 4.79 Å². The summed E-state index contributed by atoms with van der Waals surface area (Å²) in [6.07, 6.45) is 4.68. The number of carbonyl (C=O) groups excluding carboxylic acids is 1. The molecule has 1 amide bonds. The molecule has 4 heteroatoms. The summed E-state index contributed by atoms with van der Waals surface area (Å²) in [5, 5.41) is 0. The van der Waals surface area contributed by atoms with Crippen LogP contribution in [0.25, 0.3) is 0 Å². The Kier molecular flexibility index (Phi) is 7.23. The molecule has 0 saturated carbocycles. The van der Waals surface area contributed by atoms with E-state index in [4.69, 9.17) is 4.74 Å². The molecule has 2 rings (SSSR count). The van der Waals surface area contributed by atoms with Crippen LogP contribution in [-0.4, -0.2) is 48.6 Å². The fourth-order valence-corrected chi connectivity index (χ4v) is 2.82. The van der Waals surface area contributed by atoms with Crippen molar-refractivity contribution in [3.05, 3.63) is 35.9 Å². The van der Waals surface area contributed by atoms with Crippen LogP contribution in [0, 0.1) is 0 Å². The fourth-order valence-electron chi connectivity index (χ4n) is 2.82. The first-order chi connectivity index (χ1) is 10.8. The average molecular weight is 304 g/mol. The predicted octanol–water partition coefficient (Wildman–Crippen LogP) is 3.52. The number of benzene rings is 1. The molecule has 1 heterocycles. The quantitative estimate of drug-likeness (QED) is 0.772. The molecule has 0 radical (unpaired) electrons. The summed E-state index contributed by atoms with van der Waals surface area (Å²) < 4.78 is 5.45. The van der Waals surface area contributed by atoms with Gasteiger partial charge in [0.1, 0.15) is 6.61 Å². The van der Waals surface area contributed by atoms with Gasteiger partial charge in [0, 0.05) is 19.6 Å². The highest BCUT2D eigenvalue weighted by Gasteiger charge is 2.17. The van der Waals surface area contributed by atoms with Gasteiger partial charge in [0.15, 0.2) is 0 Å². The smallest absolute Gasteiger partial charge is 0.410 e. The molecule has 1 aliphatic rings. The Hall–Kier alpha value is -1.55. The Morgan fingerprint density at radius 3 is 2.55 bits per heavy atom. The van der Waals surface area contributed by atoms with Gasteiger partial charge in [-0.3, -0.25) is 0 Å². The number of ether oxygens (including phenoxy) is 1. The van der Waals surface area contributed by atoms with Crippen LogP contribution < -0.4 is 0 Å². The Labute approximate surface area is 134 Å². The lowest BCUT2D eigenvalue weighted by molar-refractivity contribution is 0.0898. The monoisotopic (exact) mass is 304 g/mol. The first-order valence-corrected chi connectivity index (χ1v) is 8.47. The zero-order valence-corrected chi connectivity index (χ0v) is 13.7. The van der Waals surface area contributed by atoms with E-state index in [0.717, 1.165) is 31.6 Å². The van der Waals surface area contributed by atoms with E-state index in [1.807, 2.05) is 35.2 Å². The van der Waals surface area contributed by atoms with Crippen molar-refractivity contribution < 1.29 is 9.53 Å². The van der Waals surface area contributed by atoms with Gasteiger partial charge in [-0.25, -0.2) is 4.79 Å². The number of carbonyl (C=O) groups is 1.